The van der Waals surface area contributed by atoms with E-state index in [-0.39, 0.29) is 21.9 Å². The number of hydrogen-bond donors (Lipinski definition) is 2. The molecule has 0 spiro atoms. The zero-order valence-corrected chi connectivity index (χ0v) is 23.2. The topological polar surface area (TPSA) is 128 Å². The number of nitrogens with one attached hydrogen (secondary N) is 1. The fourth-order valence-corrected chi connectivity index (χ4v) is 5.69. The zero-order valence-electron chi connectivity index (χ0n) is 22.4. The van der Waals surface area contributed by atoms with E-state index in [1.165, 1.54) is 18.2 Å². The number of nitrogens with two attached hydrogens (primary N) is 1. The minimum Gasteiger partial charge on any atom is -0.493 e. The Morgan fingerprint density at radius 3 is 2.45 bits per heavy atom. The Morgan fingerprint density at radius 1 is 1.13 bits per heavy atom. The fourth-order valence-electron chi connectivity index (χ4n) is 4.75. The predicted molar refractivity (Wildman–Crippen MR) is 149 cm³/mol. The first-order chi connectivity index (χ1) is 17.9. The minimum absolute atomic E-state index is 0.0421. The van der Waals surface area contributed by atoms with Crippen LogP contribution in [0.25, 0.3) is 11.3 Å². The number of amides is 1. The van der Waals surface area contributed by atoms with Crippen molar-refractivity contribution in [1.29, 1.82) is 0 Å². The average molecular weight is 538 g/mol. The van der Waals surface area contributed by atoms with Crippen molar-refractivity contribution in [3.05, 3.63) is 60.2 Å². The molecule has 1 unspecified atom stereocenters. The summed E-state index contributed by atoms with van der Waals surface area (Å²) in [6.07, 6.45) is 0.910. The van der Waals surface area contributed by atoms with Crippen molar-refractivity contribution in [3.63, 3.8) is 0 Å². The molecule has 9 nitrogen and oxygen atoms in total. The summed E-state index contributed by atoms with van der Waals surface area (Å²) in [4.78, 5) is 24.2. The van der Waals surface area contributed by atoms with Crippen LogP contribution < -0.4 is 20.1 Å². The minimum atomic E-state index is -4.24. The highest BCUT2D eigenvalue weighted by Crippen LogP contribution is 2.38. The highest BCUT2D eigenvalue weighted by atomic mass is 32.2. The summed E-state index contributed by atoms with van der Waals surface area (Å²) < 4.78 is 33.7. The van der Waals surface area contributed by atoms with E-state index in [1.807, 2.05) is 24.3 Å². The molecule has 202 valence electrons. The van der Waals surface area contributed by atoms with E-state index in [0.29, 0.717) is 36.5 Å². The van der Waals surface area contributed by atoms with Crippen LogP contribution >= 0.6 is 0 Å². The highest BCUT2D eigenvalue weighted by Gasteiger charge is 2.39. The number of aromatic nitrogens is 2. The Labute approximate surface area is 224 Å². The third-order valence-electron chi connectivity index (χ3n) is 6.43. The van der Waals surface area contributed by atoms with E-state index in [2.05, 4.69) is 49.2 Å². The van der Waals surface area contributed by atoms with Crippen molar-refractivity contribution in [2.45, 2.75) is 51.6 Å². The molecule has 1 amide bonds. The molecule has 1 atom stereocenters. The first-order valence-electron chi connectivity index (χ1n) is 12.7. The van der Waals surface area contributed by atoms with Gasteiger partial charge in [-0.2, -0.15) is 8.42 Å². The monoisotopic (exact) mass is 537 g/mol. The van der Waals surface area contributed by atoms with Gasteiger partial charge in [-0.15, -0.1) is 0 Å². The number of hydrogen-bond acceptors (Lipinski definition) is 8. The summed E-state index contributed by atoms with van der Waals surface area (Å²) in [6.45, 7) is 11.8. The standard InChI is InChI=1S/C28H35N5O4S/c1-18(2)17-37-21-11-9-20(10-12-21)23-14-13-22(26(30-23)33-16-19(3)15-28(33,4)5)27(34)32-38(35,36)25-8-6-7-24(29)31-25/h6-14,18-19H,15-17H2,1-5H3,(H2,29,31)(H,32,34). The number of carbonyl (C=O) groups excluding carboxylic acids is 1. The SMILES string of the molecule is CC(C)COc1ccc(-c2ccc(C(=O)NS(=O)(=O)c3cccc(N)n3)c(N3CC(C)CC3(C)C)n2)cc1. The van der Waals surface area contributed by atoms with E-state index in [9.17, 15) is 13.2 Å². The van der Waals surface area contributed by atoms with Gasteiger partial charge in [-0.1, -0.05) is 26.8 Å². The number of pyridine rings is 2. The van der Waals surface area contributed by atoms with Crippen LogP contribution in [0.2, 0.25) is 0 Å². The van der Waals surface area contributed by atoms with Crippen molar-refractivity contribution in [1.82, 2.24) is 14.7 Å². The normalized spacial score (nSPS) is 17.0. The van der Waals surface area contributed by atoms with Gasteiger partial charge in [-0.25, -0.2) is 14.7 Å². The summed E-state index contributed by atoms with van der Waals surface area (Å²) in [5, 5.41) is -0.327. The molecule has 0 bridgehead atoms. The first kappa shape index (κ1) is 27.4. The molecule has 1 saturated heterocycles. The first-order valence-corrected chi connectivity index (χ1v) is 14.2. The molecule has 3 aromatic rings. The fraction of sp³-hybridized carbons (Fsp3) is 0.393. The molecule has 38 heavy (non-hydrogen) atoms. The van der Waals surface area contributed by atoms with Gasteiger partial charge in [0.2, 0.25) is 0 Å². The van der Waals surface area contributed by atoms with Crippen LogP contribution in [0.4, 0.5) is 11.6 Å². The lowest BCUT2D eigenvalue weighted by atomic mass is 9.97. The largest absolute Gasteiger partial charge is 0.493 e. The molecule has 1 aliphatic heterocycles. The molecule has 2 aromatic heterocycles. The van der Waals surface area contributed by atoms with E-state index in [0.717, 1.165) is 17.7 Å². The van der Waals surface area contributed by atoms with Crippen molar-refractivity contribution in [2.75, 3.05) is 23.8 Å². The maximum Gasteiger partial charge on any atom is 0.281 e. The highest BCUT2D eigenvalue weighted by molar-refractivity contribution is 7.90. The maximum absolute atomic E-state index is 13.4. The number of sulfonamides is 1. The Kier molecular flexibility index (Phi) is 7.64. The molecular formula is C28H35N5O4S. The Bertz CT molecular complexity index is 1420. The van der Waals surface area contributed by atoms with Crippen molar-refractivity contribution >= 4 is 27.6 Å². The second-order valence-corrected chi connectivity index (χ2v) is 12.5. The van der Waals surface area contributed by atoms with Gasteiger partial charge in [0.1, 0.15) is 17.4 Å². The van der Waals surface area contributed by atoms with Gasteiger partial charge in [0.15, 0.2) is 5.03 Å². The van der Waals surface area contributed by atoms with Crippen molar-refractivity contribution in [3.8, 4) is 17.0 Å². The quantitative estimate of drug-likeness (QED) is 0.430. The number of carbonyl (C=O) groups is 1. The molecule has 4 rings (SSSR count). The Morgan fingerprint density at radius 2 is 1.84 bits per heavy atom. The van der Waals surface area contributed by atoms with Gasteiger partial charge in [-0.3, -0.25) is 4.79 Å². The lowest BCUT2D eigenvalue weighted by molar-refractivity contribution is 0.0981. The summed E-state index contributed by atoms with van der Waals surface area (Å²) in [5.41, 5.74) is 7.06. The molecule has 0 radical (unpaired) electrons. The second-order valence-electron chi connectivity index (χ2n) is 10.9. The van der Waals surface area contributed by atoms with Crippen LogP contribution in [0.3, 0.4) is 0 Å². The summed E-state index contributed by atoms with van der Waals surface area (Å²) in [6, 6.07) is 15.2. The van der Waals surface area contributed by atoms with Crippen molar-refractivity contribution < 1.29 is 17.9 Å². The number of nitrogens with zero attached hydrogens (tertiary/aromatic N) is 3. The van der Waals surface area contributed by atoms with Gasteiger partial charge in [-0.05, 0) is 80.6 Å². The average Bonchev–Trinajstić information content (AvgIpc) is 3.14. The number of ether oxygens (including phenoxy) is 1. The second kappa shape index (κ2) is 10.6. The number of rotatable bonds is 8. The van der Waals surface area contributed by atoms with Gasteiger partial charge < -0.3 is 15.4 Å². The van der Waals surface area contributed by atoms with Crippen LogP contribution in [0, 0.1) is 11.8 Å². The lowest BCUT2D eigenvalue weighted by Gasteiger charge is -2.34. The molecule has 1 aliphatic rings. The van der Waals surface area contributed by atoms with E-state index in [1.54, 1.807) is 12.1 Å². The third-order valence-corrected chi connectivity index (χ3v) is 7.66. The maximum atomic E-state index is 13.4. The molecule has 10 heteroatoms. The van der Waals surface area contributed by atoms with E-state index in [4.69, 9.17) is 15.5 Å². The number of benzene rings is 1. The van der Waals surface area contributed by atoms with Crippen LogP contribution in [0.15, 0.2) is 59.6 Å². The predicted octanol–water partition coefficient (Wildman–Crippen LogP) is 4.50. The molecule has 0 saturated carbocycles. The van der Waals surface area contributed by atoms with Crippen LogP contribution in [0.5, 0.6) is 5.75 Å². The molecule has 0 aliphatic carbocycles. The van der Waals surface area contributed by atoms with Crippen LogP contribution in [0.1, 0.15) is 51.4 Å². The smallest absolute Gasteiger partial charge is 0.281 e. The van der Waals surface area contributed by atoms with Crippen LogP contribution in [-0.4, -0.2) is 43.0 Å². The van der Waals surface area contributed by atoms with Gasteiger partial charge in [0.05, 0.1) is 17.9 Å². The molecule has 1 aromatic carbocycles. The summed E-state index contributed by atoms with van der Waals surface area (Å²) in [7, 11) is -4.24. The number of anilines is 2. The summed E-state index contributed by atoms with van der Waals surface area (Å²) >= 11 is 0. The van der Waals surface area contributed by atoms with Gasteiger partial charge >= 0.3 is 0 Å². The number of nitrogen functional groups attached to an aromatic ring is 1. The van der Waals surface area contributed by atoms with E-state index < -0.39 is 15.9 Å². The van der Waals surface area contributed by atoms with Gasteiger partial charge in [0, 0.05) is 17.6 Å². The Hall–Kier alpha value is -3.66. The molecule has 1 fully saturated rings. The summed E-state index contributed by atoms with van der Waals surface area (Å²) in [5.74, 6) is 1.27. The molecular weight excluding hydrogens is 502 g/mol. The molecule has 3 N–H and O–H groups in total. The van der Waals surface area contributed by atoms with Crippen LogP contribution in [-0.2, 0) is 10.0 Å². The molecule has 3 heterocycles. The van der Waals surface area contributed by atoms with E-state index >= 15 is 0 Å². The zero-order chi connectivity index (χ0) is 27.7. The lowest BCUT2D eigenvalue weighted by Crippen LogP contribution is -2.41. The Balaban J connectivity index is 1.70. The van der Waals surface area contributed by atoms with Gasteiger partial charge in [0.25, 0.3) is 15.9 Å². The van der Waals surface area contributed by atoms with Crippen molar-refractivity contribution in [2.24, 2.45) is 11.8 Å². The third kappa shape index (κ3) is 6.07.